The van der Waals surface area contributed by atoms with Crippen LogP contribution in [0.25, 0.3) is 0 Å². The average Bonchev–Trinajstić information content (AvgIpc) is 3.12. The SMILES string of the molecule is Cc1nc(C(C)(C)C)oc1CCCNC(=O)NC(c1ccccc1)c1ccccc1. The van der Waals surface area contributed by atoms with Crippen LogP contribution >= 0.6 is 0 Å². The molecule has 5 heteroatoms. The largest absolute Gasteiger partial charge is 0.445 e. The molecule has 0 saturated heterocycles. The average molecular weight is 406 g/mol. The van der Waals surface area contributed by atoms with E-state index in [2.05, 4.69) is 36.4 Å². The van der Waals surface area contributed by atoms with Crippen molar-refractivity contribution >= 4 is 6.03 Å². The van der Waals surface area contributed by atoms with Crippen LogP contribution in [0.15, 0.2) is 65.1 Å². The monoisotopic (exact) mass is 405 g/mol. The lowest BCUT2D eigenvalue weighted by molar-refractivity contribution is 0.238. The molecule has 5 nitrogen and oxygen atoms in total. The van der Waals surface area contributed by atoms with Gasteiger partial charge in [0, 0.05) is 18.4 Å². The van der Waals surface area contributed by atoms with E-state index in [1.165, 1.54) is 0 Å². The van der Waals surface area contributed by atoms with Gasteiger partial charge in [0.05, 0.1) is 11.7 Å². The van der Waals surface area contributed by atoms with Gasteiger partial charge in [-0.25, -0.2) is 9.78 Å². The topological polar surface area (TPSA) is 67.2 Å². The Bertz CT molecular complexity index is 904. The van der Waals surface area contributed by atoms with Crippen LogP contribution in [0.2, 0.25) is 0 Å². The Morgan fingerprint density at radius 3 is 2.07 bits per heavy atom. The molecule has 158 valence electrons. The smallest absolute Gasteiger partial charge is 0.315 e. The van der Waals surface area contributed by atoms with E-state index in [-0.39, 0.29) is 17.5 Å². The molecule has 0 aliphatic rings. The summed E-state index contributed by atoms with van der Waals surface area (Å²) < 4.78 is 5.93. The highest BCUT2D eigenvalue weighted by Crippen LogP contribution is 2.24. The minimum absolute atomic E-state index is 0.106. The molecule has 30 heavy (non-hydrogen) atoms. The van der Waals surface area contributed by atoms with Gasteiger partial charge in [0.2, 0.25) is 0 Å². The molecule has 0 bridgehead atoms. The van der Waals surface area contributed by atoms with E-state index < -0.39 is 0 Å². The zero-order valence-electron chi connectivity index (χ0n) is 18.2. The van der Waals surface area contributed by atoms with Gasteiger partial charge in [-0.3, -0.25) is 0 Å². The molecule has 0 aliphatic heterocycles. The molecule has 2 N–H and O–H groups in total. The zero-order valence-corrected chi connectivity index (χ0v) is 18.2. The highest BCUT2D eigenvalue weighted by molar-refractivity contribution is 5.75. The number of rotatable bonds is 7. The molecule has 3 aromatic rings. The number of urea groups is 1. The third-order valence-corrected chi connectivity index (χ3v) is 4.94. The van der Waals surface area contributed by atoms with Crippen LogP contribution in [0, 0.1) is 6.92 Å². The Morgan fingerprint density at radius 1 is 1.00 bits per heavy atom. The van der Waals surface area contributed by atoms with Gasteiger partial charge in [-0.05, 0) is 24.5 Å². The van der Waals surface area contributed by atoms with E-state index in [0.717, 1.165) is 41.3 Å². The van der Waals surface area contributed by atoms with Crippen molar-refractivity contribution in [3.05, 3.63) is 89.1 Å². The molecule has 1 heterocycles. The fraction of sp³-hybridized carbons (Fsp3) is 0.360. The minimum atomic E-state index is -0.196. The lowest BCUT2D eigenvalue weighted by Gasteiger charge is -2.20. The van der Waals surface area contributed by atoms with Gasteiger partial charge in [0.15, 0.2) is 5.89 Å². The Balaban J connectivity index is 1.55. The van der Waals surface area contributed by atoms with E-state index in [0.29, 0.717) is 6.54 Å². The second kappa shape index (κ2) is 9.61. The van der Waals surface area contributed by atoms with Gasteiger partial charge in [-0.1, -0.05) is 81.4 Å². The maximum absolute atomic E-state index is 12.6. The summed E-state index contributed by atoms with van der Waals surface area (Å²) in [7, 11) is 0. The minimum Gasteiger partial charge on any atom is -0.445 e. The number of nitrogens with zero attached hydrogens (tertiary/aromatic N) is 1. The Morgan fingerprint density at radius 2 is 1.57 bits per heavy atom. The summed E-state index contributed by atoms with van der Waals surface area (Å²) in [5.41, 5.74) is 2.92. The van der Waals surface area contributed by atoms with E-state index in [4.69, 9.17) is 4.42 Å². The first-order valence-corrected chi connectivity index (χ1v) is 10.5. The number of hydrogen-bond acceptors (Lipinski definition) is 3. The lowest BCUT2D eigenvalue weighted by Crippen LogP contribution is -2.38. The number of aryl methyl sites for hydroxylation is 2. The third kappa shape index (κ3) is 5.72. The maximum atomic E-state index is 12.6. The summed E-state index contributed by atoms with van der Waals surface area (Å²) in [5, 5.41) is 6.07. The first-order valence-electron chi connectivity index (χ1n) is 10.5. The number of oxazole rings is 1. The van der Waals surface area contributed by atoms with Crippen molar-refractivity contribution in [3.8, 4) is 0 Å². The van der Waals surface area contributed by atoms with Crippen LogP contribution in [0.3, 0.4) is 0 Å². The molecule has 0 aliphatic carbocycles. The normalized spacial score (nSPS) is 11.5. The predicted molar refractivity (Wildman–Crippen MR) is 120 cm³/mol. The molecule has 0 radical (unpaired) electrons. The van der Waals surface area contributed by atoms with Gasteiger partial charge in [0.1, 0.15) is 5.76 Å². The van der Waals surface area contributed by atoms with Crippen molar-refractivity contribution in [1.29, 1.82) is 0 Å². The van der Waals surface area contributed by atoms with Crippen LogP contribution in [0.5, 0.6) is 0 Å². The van der Waals surface area contributed by atoms with Crippen molar-refractivity contribution in [1.82, 2.24) is 15.6 Å². The second-order valence-electron chi connectivity index (χ2n) is 8.54. The summed E-state index contributed by atoms with van der Waals surface area (Å²) in [5.74, 6) is 1.66. The van der Waals surface area contributed by atoms with Crippen molar-refractivity contribution in [3.63, 3.8) is 0 Å². The first-order chi connectivity index (χ1) is 14.3. The fourth-order valence-electron chi connectivity index (χ4n) is 3.26. The molecule has 1 aromatic heterocycles. The molecular weight excluding hydrogens is 374 g/mol. The van der Waals surface area contributed by atoms with Gasteiger partial charge >= 0.3 is 6.03 Å². The Kier molecular flexibility index (Phi) is 6.93. The first kappa shape index (κ1) is 21.6. The molecule has 3 rings (SSSR count). The number of carbonyl (C=O) groups excluding carboxylic acids is 1. The predicted octanol–water partition coefficient (Wildman–Crippen LogP) is 5.30. The number of benzene rings is 2. The van der Waals surface area contributed by atoms with Crippen LogP contribution in [0.4, 0.5) is 4.79 Å². The second-order valence-corrected chi connectivity index (χ2v) is 8.54. The number of carbonyl (C=O) groups is 1. The van der Waals surface area contributed by atoms with E-state index in [1.54, 1.807) is 0 Å². The number of aromatic nitrogens is 1. The van der Waals surface area contributed by atoms with E-state index in [1.807, 2.05) is 67.6 Å². The number of amides is 2. The quantitative estimate of drug-likeness (QED) is 0.524. The summed E-state index contributed by atoms with van der Waals surface area (Å²) in [4.78, 5) is 17.1. The van der Waals surface area contributed by atoms with E-state index >= 15 is 0 Å². The van der Waals surface area contributed by atoms with Gasteiger partial charge < -0.3 is 15.1 Å². The zero-order chi connectivity index (χ0) is 21.6. The van der Waals surface area contributed by atoms with Gasteiger partial charge in [-0.2, -0.15) is 0 Å². The Hall–Kier alpha value is -3.08. The van der Waals surface area contributed by atoms with E-state index in [9.17, 15) is 4.79 Å². The standard InChI is InChI=1S/C25H31N3O2/c1-18-21(30-23(27-18)25(2,3)4)16-11-17-26-24(29)28-22(19-12-7-5-8-13-19)20-14-9-6-10-15-20/h5-10,12-15,22H,11,16-17H2,1-4H3,(H2,26,28,29). The highest BCUT2D eigenvalue weighted by atomic mass is 16.4. The number of hydrogen-bond donors (Lipinski definition) is 2. The van der Waals surface area contributed by atoms with Crippen molar-refractivity contribution < 1.29 is 9.21 Å². The van der Waals surface area contributed by atoms with Crippen LogP contribution < -0.4 is 10.6 Å². The molecule has 0 unspecified atom stereocenters. The third-order valence-electron chi connectivity index (χ3n) is 4.94. The molecular formula is C25H31N3O2. The van der Waals surface area contributed by atoms with Gasteiger partial charge in [0.25, 0.3) is 0 Å². The molecule has 0 saturated carbocycles. The Labute approximate surface area is 178 Å². The molecule has 0 spiro atoms. The highest BCUT2D eigenvalue weighted by Gasteiger charge is 2.22. The molecule has 2 aromatic carbocycles. The number of nitrogens with one attached hydrogen (secondary N) is 2. The molecule has 0 fully saturated rings. The summed E-state index contributed by atoms with van der Waals surface area (Å²) in [6, 6.07) is 19.6. The lowest BCUT2D eigenvalue weighted by atomic mass is 9.97. The van der Waals surface area contributed by atoms with Crippen molar-refractivity contribution in [2.75, 3.05) is 6.54 Å². The van der Waals surface area contributed by atoms with Crippen LogP contribution in [-0.2, 0) is 11.8 Å². The van der Waals surface area contributed by atoms with Crippen molar-refractivity contribution in [2.45, 2.75) is 52.0 Å². The summed E-state index contributed by atoms with van der Waals surface area (Å²) >= 11 is 0. The fourth-order valence-corrected chi connectivity index (χ4v) is 3.26. The van der Waals surface area contributed by atoms with Crippen molar-refractivity contribution in [2.24, 2.45) is 0 Å². The molecule has 0 atom stereocenters. The van der Waals surface area contributed by atoms with Gasteiger partial charge in [-0.15, -0.1) is 0 Å². The maximum Gasteiger partial charge on any atom is 0.315 e. The summed E-state index contributed by atoms with van der Waals surface area (Å²) in [6.45, 7) is 8.79. The van der Waals surface area contributed by atoms with Crippen LogP contribution in [-0.4, -0.2) is 17.6 Å². The van der Waals surface area contributed by atoms with Crippen LogP contribution in [0.1, 0.15) is 61.7 Å². The molecule has 2 amide bonds. The summed E-state index contributed by atoms with van der Waals surface area (Å²) in [6.07, 6.45) is 1.53.